The minimum atomic E-state index is -0.961. The van der Waals surface area contributed by atoms with Gasteiger partial charge in [-0.3, -0.25) is 4.40 Å². The zero-order valence-corrected chi connectivity index (χ0v) is 12.3. The molecular formula is C15H20N4O2. The quantitative estimate of drug-likeness (QED) is 0.903. The Morgan fingerprint density at radius 3 is 3.00 bits per heavy atom. The molecule has 0 aromatic carbocycles. The lowest BCUT2D eigenvalue weighted by atomic mass is 9.99. The molecular weight excluding hydrogens is 268 g/mol. The highest BCUT2D eigenvalue weighted by atomic mass is 16.4. The number of carbonyl (C=O) groups is 1. The molecule has 1 aliphatic heterocycles. The first-order chi connectivity index (χ1) is 10.1. The largest absolute Gasteiger partial charge is 0.476 e. The minimum absolute atomic E-state index is 0.206. The Balaban J connectivity index is 1.90. The molecule has 3 heterocycles. The molecule has 1 saturated heterocycles. The first-order valence-corrected chi connectivity index (χ1v) is 7.23. The summed E-state index contributed by atoms with van der Waals surface area (Å²) < 4.78 is 1.61. The number of carboxylic acids is 1. The number of anilines is 1. The number of piperidine rings is 1. The average Bonchev–Trinajstić information content (AvgIpc) is 2.80. The third-order valence-electron chi connectivity index (χ3n) is 4.28. The van der Waals surface area contributed by atoms with Crippen LogP contribution in [0.15, 0.2) is 24.4 Å². The van der Waals surface area contributed by atoms with Crippen molar-refractivity contribution in [2.45, 2.75) is 31.8 Å². The van der Waals surface area contributed by atoms with Crippen LogP contribution in [-0.2, 0) is 0 Å². The molecule has 2 N–H and O–H groups in total. The van der Waals surface area contributed by atoms with Gasteiger partial charge in [0.1, 0.15) is 5.65 Å². The van der Waals surface area contributed by atoms with Gasteiger partial charge in [-0.1, -0.05) is 6.07 Å². The highest BCUT2D eigenvalue weighted by molar-refractivity contribution is 5.93. The van der Waals surface area contributed by atoms with Gasteiger partial charge in [-0.15, -0.1) is 0 Å². The van der Waals surface area contributed by atoms with Crippen LogP contribution in [0, 0.1) is 0 Å². The van der Waals surface area contributed by atoms with Crippen molar-refractivity contribution < 1.29 is 9.90 Å². The minimum Gasteiger partial charge on any atom is -0.476 e. The number of hydrogen-bond acceptors (Lipinski definition) is 4. The average molecular weight is 288 g/mol. The van der Waals surface area contributed by atoms with Gasteiger partial charge in [0.15, 0.2) is 11.5 Å². The smallest absolute Gasteiger partial charge is 0.356 e. The van der Waals surface area contributed by atoms with Crippen LogP contribution in [0.3, 0.4) is 0 Å². The van der Waals surface area contributed by atoms with Crippen molar-refractivity contribution in [1.29, 1.82) is 0 Å². The normalized spacial score (nSPS) is 23.3. The van der Waals surface area contributed by atoms with E-state index in [0.29, 0.717) is 17.5 Å². The van der Waals surface area contributed by atoms with E-state index >= 15 is 0 Å². The molecule has 2 aromatic rings. The maximum Gasteiger partial charge on any atom is 0.356 e. The van der Waals surface area contributed by atoms with E-state index < -0.39 is 5.97 Å². The Bertz CT molecular complexity index is 667. The molecule has 112 valence electrons. The number of aromatic carboxylic acids is 1. The van der Waals surface area contributed by atoms with E-state index in [2.05, 4.69) is 29.2 Å². The molecule has 21 heavy (non-hydrogen) atoms. The number of aromatic nitrogens is 2. The van der Waals surface area contributed by atoms with Gasteiger partial charge in [-0.2, -0.15) is 0 Å². The van der Waals surface area contributed by atoms with E-state index in [-0.39, 0.29) is 11.7 Å². The highest BCUT2D eigenvalue weighted by Gasteiger charge is 2.26. The molecule has 0 radical (unpaired) electrons. The number of carboxylic acid groups (broad SMARTS) is 1. The van der Waals surface area contributed by atoms with Gasteiger partial charge in [-0.05, 0) is 38.9 Å². The van der Waals surface area contributed by atoms with Crippen molar-refractivity contribution in [3.05, 3.63) is 30.1 Å². The lowest BCUT2D eigenvalue weighted by molar-refractivity contribution is 0.0690. The zero-order valence-electron chi connectivity index (χ0n) is 12.3. The molecule has 1 fully saturated rings. The molecule has 0 aliphatic carbocycles. The number of imidazole rings is 1. The molecule has 6 nitrogen and oxygen atoms in total. The number of rotatable bonds is 3. The van der Waals surface area contributed by atoms with E-state index in [1.165, 1.54) is 0 Å². The standard InChI is InChI=1S/C15H20N4O2/c1-10-9-11(6-8-18(10)2)16-14-13(15(20)21)19-7-4-3-5-12(19)17-14/h3-5,7,10-11,16H,6,8-9H2,1-2H3,(H,20,21). The second-order valence-corrected chi connectivity index (χ2v) is 5.74. The molecule has 6 heteroatoms. The number of pyridine rings is 1. The molecule has 0 bridgehead atoms. The molecule has 0 amide bonds. The first kappa shape index (κ1) is 13.9. The molecule has 0 saturated carbocycles. The summed E-state index contributed by atoms with van der Waals surface area (Å²) in [7, 11) is 2.12. The van der Waals surface area contributed by atoms with Crippen LogP contribution in [0.4, 0.5) is 5.82 Å². The Hall–Kier alpha value is -2.08. The maximum atomic E-state index is 11.5. The summed E-state index contributed by atoms with van der Waals surface area (Å²) in [6.45, 7) is 3.20. The summed E-state index contributed by atoms with van der Waals surface area (Å²) in [6, 6.07) is 6.23. The van der Waals surface area contributed by atoms with Crippen LogP contribution in [-0.4, -0.2) is 51.0 Å². The van der Waals surface area contributed by atoms with Crippen molar-refractivity contribution in [1.82, 2.24) is 14.3 Å². The predicted octanol–water partition coefficient (Wildman–Crippen LogP) is 1.93. The topological polar surface area (TPSA) is 69.9 Å². The van der Waals surface area contributed by atoms with E-state index in [4.69, 9.17) is 0 Å². The van der Waals surface area contributed by atoms with Crippen LogP contribution in [0.1, 0.15) is 30.3 Å². The summed E-state index contributed by atoms with van der Waals surface area (Å²) in [5, 5.41) is 12.8. The first-order valence-electron chi connectivity index (χ1n) is 7.23. The predicted molar refractivity (Wildman–Crippen MR) is 80.9 cm³/mol. The maximum absolute atomic E-state index is 11.5. The van der Waals surface area contributed by atoms with Gasteiger partial charge in [0.2, 0.25) is 0 Å². The van der Waals surface area contributed by atoms with Crippen molar-refractivity contribution in [2.75, 3.05) is 18.9 Å². The third-order valence-corrected chi connectivity index (χ3v) is 4.28. The van der Waals surface area contributed by atoms with Gasteiger partial charge in [0, 0.05) is 24.8 Å². The van der Waals surface area contributed by atoms with Gasteiger partial charge in [-0.25, -0.2) is 9.78 Å². The Morgan fingerprint density at radius 1 is 1.48 bits per heavy atom. The van der Waals surface area contributed by atoms with Crippen LogP contribution >= 0.6 is 0 Å². The van der Waals surface area contributed by atoms with Crippen molar-refractivity contribution in [3.63, 3.8) is 0 Å². The fourth-order valence-electron chi connectivity index (χ4n) is 2.91. The summed E-state index contributed by atoms with van der Waals surface area (Å²) >= 11 is 0. The Morgan fingerprint density at radius 2 is 2.29 bits per heavy atom. The Kier molecular flexibility index (Phi) is 3.55. The van der Waals surface area contributed by atoms with E-state index in [1.807, 2.05) is 18.2 Å². The number of hydrogen-bond donors (Lipinski definition) is 2. The molecule has 3 rings (SSSR count). The highest BCUT2D eigenvalue weighted by Crippen LogP contribution is 2.23. The molecule has 2 atom stereocenters. The zero-order chi connectivity index (χ0) is 15.0. The van der Waals surface area contributed by atoms with Gasteiger partial charge in [0.25, 0.3) is 0 Å². The lowest BCUT2D eigenvalue weighted by Crippen LogP contribution is -2.42. The monoisotopic (exact) mass is 288 g/mol. The fraction of sp³-hybridized carbons (Fsp3) is 0.467. The van der Waals surface area contributed by atoms with Crippen LogP contribution in [0.5, 0.6) is 0 Å². The van der Waals surface area contributed by atoms with Crippen LogP contribution in [0.25, 0.3) is 5.65 Å². The van der Waals surface area contributed by atoms with E-state index in [1.54, 1.807) is 10.6 Å². The van der Waals surface area contributed by atoms with Crippen molar-refractivity contribution >= 4 is 17.4 Å². The second-order valence-electron chi connectivity index (χ2n) is 5.74. The molecule has 2 aromatic heterocycles. The SMILES string of the molecule is CC1CC(Nc2nc3ccccn3c2C(=O)O)CCN1C. The van der Waals surface area contributed by atoms with E-state index in [9.17, 15) is 9.90 Å². The molecule has 0 spiro atoms. The van der Waals surface area contributed by atoms with Gasteiger partial charge in [0.05, 0.1) is 0 Å². The number of fused-ring (bicyclic) bond motifs is 1. The van der Waals surface area contributed by atoms with Crippen molar-refractivity contribution in [2.24, 2.45) is 0 Å². The summed E-state index contributed by atoms with van der Waals surface area (Å²) in [6.07, 6.45) is 3.71. The lowest BCUT2D eigenvalue weighted by Gasteiger charge is -2.35. The summed E-state index contributed by atoms with van der Waals surface area (Å²) in [5.74, 6) is -0.493. The Labute approximate surface area is 123 Å². The van der Waals surface area contributed by atoms with Crippen LogP contribution in [0.2, 0.25) is 0 Å². The summed E-state index contributed by atoms with van der Waals surface area (Å²) in [5.41, 5.74) is 0.857. The van der Waals surface area contributed by atoms with Crippen LogP contribution < -0.4 is 5.32 Å². The molecule has 1 aliphatic rings. The molecule has 2 unspecified atom stereocenters. The second kappa shape index (κ2) is 5.37. The third kappa shape index (κ3) is 2.58. The summed E-state index contributed by atoms with van der Waals surface area (Å²) in [4.78, 5) is 18.3. The van der Waals surface area contributed by atoms with Gasteiger partial charge >= 0.3 is 5.97 Å². The number of nitrogens with one attached hydrogen (secondary N) is 1. The van der Waals surface area contributed by atoms with Gasteiger partial charge < -0.3 is 15.3 Å². The fourth-order valence-corrected chi connectivity index (χ4v) is 2.91. The number of likely N-dealkylation sites (tertiary alicyclic amines) is 1. The number of nitrogens with zero attached hydrogens (tertiary/aromatic N) is 3. The van der Waals surface area contributed by atoms with Crippen molar-refractivity contribution in [3.8, 4) is 0 Å². The van der Waals surface area contributed by atoms with E-state index in [0.717, 1.165) is 19.4 Å².